The summed E-state index contributed by atoms with van der Waals surface area (Å²) < 4.78 is 39.0. The number of nitrogens with zero attached hydrogens (tertiary/aromatic N) is 1. The van der Waals surface area contributed by atoms with Crippen LogP contribution in [0.4, 0.5) is 0 Å². The van der Waals surface area contributed by atoms with Gasteiger partial charge in [-0.1, -0.05) is 43.4 Å². The summed E-state index contributed by atoms with van der Waals surface area (Å²) in [5, 5.41) is 0.415. The van der Waals surface area contributed by atoms with E-state index in [2.05, 4.69) is 9.71 Å². The van der Waals surface area contributed by atoms with E-state index in [0.29, 0.717) is 21.2 Å². The number of hydrogen-bond donors (Lipinski definition) is 1. The second-order valence-corrected chi connectivity index (χ2v) is 9.10. The minimum Gasteiger partial charge on any atom is -0.468 e. The predicted molar refractivity (Wildman–Crippen MR) is 107 cm³/mol. The largest absolute Gasteiger partial charge is 0.468 e. The zero-order valence-electron chi connectivity index (χ0n) is 15.6. The Labute approximate surface area is 167 Å². The van der Waals surface area contributed by atoms with Crippen molar-refractivity contribution in [2.24, 2.45) is 5.92 Å². The number of nitrogens with one attached hydrogen (secondary N) is 1. The normalized spacial score (nSPS) is 12.9. The van der Waals surface area contributed by atoms with E-state index in [4.69, 9.17) is 9.47 Å². The average Bonchev–Trinajstić information content (AvgIpc) is 3.07. The maximum absolute atomic E-state index is 12.7. The fraction of sp³-hybridized carbons (Fsp3) is 0.263. The Kier molecular flexibility index (Phi) is 5.97. The summed E-state index contributed by atoms with van der Waals surface area (Å²) in [4.78, 5) is 16.3. The zero-order chi connectivity index (χ0) is 20.3. The third-order valence-electron chi connectivity index (χ3n) is 4.00. The number of esters is 1. The van der Waals surface area contributed by atoms with E-state index < -0.39 is 22.0 Å². The van der Waals surface area contributed by atoms with Crippen LogP contribution in [0.1, 0.15) is 13.8 Å². The Hall–Kier alpha value is -2.49. The van der Waals surface area contributed by atoms with Crippen molar-refractivity contribution in [3.05, 3.63) is 48.5 Å². The number of thiazole rings is 1. The smallest absolute Gasteiger partial charge is 0.324 e. The van der Waals surface area contributed by atoms with Gasteiger partial charge in [0.2, 0.25) is 10.0 Å². The van der Waals surface area contributed by atoms with E-state index in [1.165, 1.54) is 30.6 Å². The standard InChI is InChI=1S/C19H20N2O5S2/c1-12(2)17(18(22)25-3)21-28(23,24)14-9-10-15-16(11-14)27-19(20-15)26-13-7-5-4-6-8-13/h4-12,17,21H,1-3H3/t17-/m1/s1. The van der Waals surface area contributed by atoms with Crippen molar-refractivity contribution in [3.8, 4) is 10.9 Å². The fourth-order valence-corrected chi connectivity index (χ4v) is 4.81. The molecule has 9 heteroatoms. The van der Waals surface area contributed by atoms with Crippen LogP contribution >= 0.6 is 11.3 Å². The third kappa shape index (κ3) is 4.49. The Morgan fingerprint density at radius 2 is 1.86 bits per heavy atom. The van der Waals surface area contributed by atoms with E-state index in [9.17, 15) is 13.2 Å². The van der Waals surface area contributed by atoms with Crippen LogP contribution in [0.15, 0.2) is 53.4 Å². The van der Waals surface area contributed by atoms with Gasteiger partial charge in [0.25, 0.3) is 5.19 Å². The summed E-state index contributed by atoms with van der Waals surface area (Å²) in [5.41, 5.74) is 0.628. The van der Waals surface area contributed by atoms with Crippen molar-refractivity contribution in [1.82, 2.24) is 9.71 Å². The highest BCUT2D eigenvalue weighted by Crippen LogP contribution is 2.32. The van der Waals surface area contributed by atoms with Crippen molar-refractivity contribution in [2.75, 3.05) is 7.11 Å². The molecule has 1 heterocycles. The topological polar surface area (TPSA) is 94.6 Å². The van der Waals surface area contributed by atoms with Gasteiger partial charge >= 0.3 is 5.97 Å². The molecule has 2 aromatic carbocycles. The van der Waals surface area contributed by atoms with E-state index in [-0.39, 0.29) is 10.8 Å². The molecule has 0 aliphatic carbocycles. The van der Waals surface area contributed by atoms with Gasteiger partial charge in [-0.15, -0.1) is 0 Å². The highest BCUT2D eigenvalue weighted by molar-refractivity contribution is 7.89. The number of methoxy groups -OCH3 is 1. The molecule has 3 aromatic rings. The van der Waals surface area contributed by atoms with E-state index in [1.54, 1.807) is 19.9 Å². The second kappa shape index (κ2) is 8.26. The maximum atomic E-state index is 12.7. The van der Waals surface area contributed by atoms with Crippen LogP contribution in [-0.4, -0.2) is 32.5 Å². The van der Waals surface area contributed by atoms with E-state index in [0.717, 1.165) is 0 Å². The van der Waals surface area contributed by atoms with Crippen LogP contribution in [0.25, 0.3) is 10.2 Å². The summed E-state index contributed by atoms with van der Waals surface area (Å²) >= 11 is 1.24. The third-order valence-corrected chi connectivity index (χ3v) is 6.34. The summed E-state index contributed by atoms with van der Waals surface area (Å²) in [6, 6.07) is 12.8. The molecule has 0 bridgehead atoms. The van der Waals surface area contributed by atoms with Crippen LogP contribution in [0, 0.1) is 5.92 Å². The van der Waals surface area contributed by atoms with Crippen LogP contribution in [0.3, 0.4) is 0 Å². The number of ether oxygens (including phenoxy) is 2. The van der Waals surface area contributed by atoms with Gasteiger partial charge in [0.05, 0.1) is 22.2 Å². The first-order chi connectivity index (χ1) is 13.3. The number of fused-ring (bicyclic) bond motifs is 1. The fourth-order valence-electron chi connectivity index (χ4n) is 2.50. The second-order valence-electron chi connectivity index (χ2n) is 6.39. The summed E-state index contributed by atoms with van der Waals surface area (Å²) in [6.07, 6.45) is 0. The number of benzene rings is 2. The Morgan fingerprint density at radius 1 is 1.14 bits per heavy atom. The lowest BCUT2D eigenvalue weighted by Gasteiger charge is -2.19. The summed E-state index contributed by atoms with van der Waals surface area (Å²) in [7, 11) is -2.69. The molecule has 7 nitrogen and oxygen atoms in total. The van der Waals surface area contributed by atoms with Gasteiger partial charge in [-0.05, 0) is 36.2 Å². The van der Waals surface area contributed by atoms with Gasteiger partial charge in [0.15, 0.2) is 0 Å². The molecule has 0 aliphatic heterocycles. The molecule has 3 rings (SSSR count). The van der Waals surface area contributed by atoms with Gasteiger partial charge in [-0.2, -0.15) is 4.72 Å². The maximum Gasteiger partial charge on any atom is 0.324 e. The highest BCUT2D eigenvalue weighted by Gasteiger charge is 2.29. The molecule has 1 atom stereocenters. The minimum absolute atomic E-state index is 0.0458. The molecular formula is C19H20N2O5S2. The van der Waals surface area contributed by atoms with E-state index >= 15 is 0 Å². The molecule has 0 saturated heterocycles. The monoisotopic (exact) mass is 420 g/mol. The molecule has 0 spiro atoms. The van der Waals surface area contributed by atoms with E-state index in [1.807, 2.05) is 30.3 Å². The van der Waals surface area contributed by atoms with Crippen molar-refractivity contribution < 1.29 is 22.7 Å². The molecule has 28 heavy (non-hydrogen) atoms. The molecular weight excluding hydrogens is 400 g/mol. The van der Waals surface area contributed by atoms with Gasteiger partial charge in [0.1, 0.15) is 11.8 Å². The molecule has 0 radical (unpaired) electrons. The number of carbonyl (C=O) groups is 1. The van der Waals surface area contributed by atoms with Gasteiger partial charge in [-0.3, -0.25) is 4.79 Å². The number of para-hydroxylation sites is 1. The lowest BCUT2D eigenvalue weighted by molar-refractivity contribution is -0.143. The Balaban J connectivity index is 1.87. The number of rotatable bonds is 7. The molecule has 0 amide bonds. The minimum atomic E-state index is -3.91. The Bertz CT molecular complexity index is 1080. The SMILES string of the molecule is COC(=O)[C@H](NS(=O)(=O)c1ccc2nc(Oc3ccccc3)sc2c1)C(C)C. The first kappa shape index (κ1) is 20.2. The molecule has 0 saturated carbocycles. The van der Waals surface area contributed by atoms with Gasteiger partial charge < -0.3 is 9.47 Å². The van der Waals surface area contributed by atoms with Crippen molar-refractivity contribution in [2.45, 2.75) is 24.8 Å². The molecule has 0 aliphatic rings. The summed E-state index contributed by atoms with van der Waals surface area (Å²) in [6.45, 7) is 3.48. The quantitative estimate of drug-likeness (QED) is 0.587. The lowest BCUT2D eigenvalue weighted by Crippen LogP contribution is -2.44. The van der Waals surface area contributed by atoms with Gasteiger partial charge in [-0.25, -0.2) is 13.4 Å². The molecule has 148 valence electrons. The molecule has 1 aromatic heterocycles. The first-order valence-corrected chi connectivity index (χ1v) is 10.8. The van der Waals surface area contributed by atoms with Crippen molar-refractivity contribution in [1.29, 1.82) is 0 Å². The van der Waals surface area contributed by atoms with Crippen molar-refractivity contribution >= 4 is 37.5 Å². The molecule has 0 fully saturated rings. The lowest BCUT2D eigenvalue weighted by atomic mass is 10.1. The number of aromatic nitrogens is 1. The van der Waals surface area contributed by atoms with Crippen LogP contribution in [0.5, 0.6) is 10.9 Å². The summed E-state index contributed by atoms with van der Waals surface area (Å²) in [5.74, 6) is -0.245. The van der Waals surface area contributed by atoms with Gasteiger partial charge in [0, 0.05) is 0 Å². The average molecular weight is 421 g/mol. The number of carbonyl (C=O) groups excluding carboxylic acids is 1. The number of hydrogen-bond acceptors (Lipinski definition) is 7. The van der Waals surface area contributed by atoms with Crippen molar-refractivity contribution in [3.63, 3.8) is 0 Å². The molecule has 0 unspecified atom stereocenters. The van der Waals surface area contributed by atoms with Crippen LogP contribution < -0.4 is 9.46 Å². The Morgan fingerprint density at radius 3 is 2.50 bits per heavy atom. The van der Waals surface area contributed by atoms with Crippen LogP contribution in [0.2, 0.25) is 0 Å². The predicted octanol–water partition coefficient (Wildman–Crippen LogP) is 3.56. The highest BCUT2D eigenvalue weighted by atomic mass is 32.2. The molecule has 1 N–H and O–H groups in total. The zero-order valence-corrected chi connectivity index (χ0v) is 17.2. The first-order valence-electron chi connectivity index (χ1n) is 8.54. The van der Waals surface area contributed by atoms with Crippen LogP contribution in [-0.2, 0) is 19.6 Å². The number of sulfonamides is 1.